The molecule has 1 aromatic carbocycles. The van der Waals surface area contributed by atoms with Crippen LogP contribution in [0.5, 0.6) is 0 Å². The van der Waals surface area contributed by atoms with Gasteiger partial charge in [0.2, 0.25) is 0 Å². The highest BCUT2D eigenvalue weighted by atomic mass is 19.1. The monoisotopic (exact) mass is 366 g/mol. The standard InChI is InChI=1S/C21H23FN4O/c1-13-23-19-4-2-3-18(19)20(24-13)25-9-15-11-26(12-16(15)10-25)21(27)14-5-7-17(22)8-6-14/h5-8,15-16H,2-4,9-12H2,1H3. The number of rotatable bonds is 2. The zero-order valence-electron chi connectivity index (χ0n) is 15.5. The molecule has 0 N–H and O–H groups in total. The van der Waals surface area contributed by atoms with Crippen LogP contribution in [0.2, 0.25) is 0 Å². The number of aryl methyl sites for hydroxylation is 2. The summed E-state index contributed by atoms with van der Waals surface area (Å²) in [4.78, 5) is 26.4. The third-order valence-corrected chi connectivity index (χ3v) is 6.19. The third-order valence-electron chi connectivity index (χ3n) is 6.19. The topological polar surface area (TPSA) is 49.3 Å². The summed E-state index contributed by atoms with van der Waals surface area (Å²) in [5.74, 6) is 2.63. The number of anilines is 1. The van der Waals surface area contributed by atoms with Gasteiger partial charge in [0.1, 0.15) is 17.5 Å². The third kappa shape index (κ3) is 2.87. The molecule has 0 spiro atoms. The number of benzene rings is 1. The van der Waals surface area contributed by atoms with E-state index in [-0.39, 0.29) is 11.7 Å². The first-order chi connectivity index (χ1) is 13.1. The second-order valence-corrected chi connectivity index (χ2v) is 8.02. The van der Waals surface area contributed by atoms with Crippen LogP contribution in [0, 0.1) is 24.6 Å². The molecule has 2 fully saturated rings. The molecule has 5 rings (SSSR count). The van der Waals surface area contributed by atoms with Crippen LogP contribution in [0.15, 0.2) is 24.3 Å². The van der Waals surface area contributed by atoms with Gasteiger partial charge in [-0.1, -0.05) is 0 Å². The Hall–Kier alpha value is -2.50. The molecule has 2 saturated heterocycles. The normalized spacial score (nSPS) is 23.6. The predicted molar refractivity (Wildman–Crippen MR) is 100 cm³/mol. The first-order valence-corrected chi connectivity index (χ1v) is 9.74. The van der Waals surface area contributed by atoms with Crippen LogP contribution >= 0.6 is 0 Å². The maximum absolute atomic E-state index is 13.1. The van der Waals surface area contributed by atoms with Gasteiger partial charge in [0.15, 0.2) is 0 Å². The molecule has 5 nitrogen and oxygen atoms in total. The average Bonchev–Trinajstić information content (AvgIpc) is 3.35. The highest BCUT2D eigenvalue weighted by Gasteiger charge is 2.43. The molecule has 2 unspecified atom stereocenters. The zero-order valence-corrected chi connectivity index (χ0v) is 15.5. The molecule has 0 radical (unpaired) electrons. The Kier molecular flexibility index (Phi) is 3.88. The Bertz CT molecular complexity index is 884. The van der Waals surface area contributed by atoms with E-state index < -0.39 is 0 Å². The van der Waals surface area contributed by atoms with Crippen molar-refractivity contribution in [2.75, 3.05) is 31.1 Å². The lowest BCUT2D eigenvalue weighted by atomic mass is 10.0. The van der Waals surface area contributed by atoms with E-state index in [1.165, 1.54) is 29.8 Å². The Morgan fingerprint density at radius 3 is 2.44 bits per heavy atom. The van der Waals surface area contributed by atoms with Crippen molar-refractivity contribution in [2.24, 2.45) is 11.8 Å². The minimum atomic E-state index is -0.312. The summed E-state index contributed by atoms with van der Waals surface area (Å²) in [5.41, 5.74) is 3.12. The SMILES string of the molecule is Cc1nc2c(c(N3CC4CN(C(=O)c5ccc(F)cc5)CC4C3)n1)CCC2. The lowest BCUT2D eigenvalue weighted by Gasteiger charge is -2.24. The van der Waals surface area contributed by atoms with Crippen molar-refractivity contribution >= 4 is 11.7 Å². The van der Waals surface area contributed by atoms with Crippen molar-refractivity contribution in [1.29, 1.82) is 0 Å². The number of aromatic nitrogens is 2. The first kappa shape index (κ1) is 16.7. The highest BCUT2D eigenvalue weighted by Crippen LogP contribution is 2.37. The Morgan fingerprint density at radius 2 is 1.74 bits per heavy atom. The largest absolute Gasteiger partial charge is 0.356 e. The van der Waals surface area contributed by atoms with Gasteiger partial charge in [-0.3, -0.25) is 4.79 Å². The molecule has 0 saturated carbocycles. The van der Waals surface area contributed by atoms with Gasteiger partial charge >= 0.3 is 0 Å². The van der Waals surface area contributed by atoms with E-state index in [0.717, 1.165) is 50.7 Å². The van der Waals surface area contributed by atoms with Crippen LogP contribution < -0.4 is 4.90 Å². The molecule has 1 aromatic heterocycles. The molecule has 3 aliphatic rings. The summed E-state index contributed by atoms with van der Waals surface area (Å²) < 4.78 is 13.1. The van der Waals surface area contributed by atoms with Crippen LogP contribution in [0.25, 0.3) is 0 Å². The van der Waals surface area contributed by atoms with Crippen molar-refractivity contribution in [3.05, 3.63) is 52.7 Å². The molecule has 140 valence electrons. The van der Waals surface area contributed by atoms with Gasteiger partial charge in [0, 0.05) is 54.8 Å². The minimum absolute atomic E-state index is 0.00900. The highest BCUT2D eigenvalue weighted by molar-refractivity contribution is 5.94. The molecular weight excluding hydrogens is 343 g/mol. The molecule has 6 heteroatoms. The number of fused-ring (bicyclic) bond motifs is 2. The number of nitrogens with zero attached hydrogens (tertiary/aromatic N) is 4. The van der Waals surface area contributed by atoms with E-state index in [2.05, 4.69) is 9.88 Å². The van der Waals surface area contributed by atoms with Crippen LogP contribution in [0.3, 0.4) is 0 Å². The summed E-state index contributed by atoms with van der Waals surface area (Å²) in [6.07, 6.45) is 3.30. The van der Waals surface area contributed by atoms with Crippen molar-refractivity contribution in [1.82, 2.24) is 14.9 Å². The van der Waals surface area contributed by atoms with Gasteiger partial charge < -0.3 is 9.80 Å². The quantitative estimate of drug-likeness (QED) is 0.820. The number of likely N-dealkylation sites (tertiary alicyclic amines) is 1. The van der Waals surface area contributed by atoms with Crippen molar-refractivity contribution < 1.29 is 9.18 Å². The molecule has 3 heterocycles. The predicted octanol–water partition coefficient (Wildman–Crippen LogP) is 2.62. The van der Waals surface area contributed by atoms with E-state index in [1.807, 2.05) is 11.8 Å². The second-order valence-electron chi connectivity index (χ2n) is 8.02. The van der Waals surface area contributed by atoms with Crippen LogP contribution in [-0.2, 0) is 12.8 Å². The molecular formula is C21H23FN4O. The van der Waals surface area contributed by atoms with E-state index >= 15 is 0 Å². The lowest BCUT2D eigenvalue weighted by Crippen LogP contribution is -2.34. The maximum Gasteiger partial charge on any atom is 0.253 e. The second kappa shape index (κ2) is 6.29. The van der Waals surface area contributed by atoms with E-state index in [9.17, 15) is 9.18 Å². The summed E-state index contributed by atoms with van der Waals surface area (Å²) in [7, 11) is 0. The van der Waals surface area contributed by atoms with Crippen molar-refractivity contribution in [3.8, 4) is 0 Å². The maximum atomic E-state index is 13.1. The lowest BCUT2D eigenvalue weighted by molar-refractivity contribution is 0.0782. The number of carbonyl (C=O) groups excluding carboxylic acids is 1. The number of carbonyl (C=O) groups is 1. The van der Waals surface area contributed by atoms with Gasteiger partial charge in [-0.25, -0.2) is 14.4 Å². The molecule has 27 heavy (non-hydrogen) atoms. The molecule has 1 amide bonds. The Labute approximate surface area is 158 Å². The summed E-state index contributed by atoms with van der Waals surface area (Å²) in [6, 6.07) is 5.85. The van der Waals surface area contributed by atoms with Crippen LogP contribution in [0.4, 0.5) is 10.2 Å². The Morgan fingerprint density at radius 1 is 1.04 bits per heavy atom. The number of hydrogen-bond donors (Lipinski definition) is 0. The zero-order chi connectivity index (χ0) is 18.5. The number of amides is 1. The van der Waals surface area contributed by atoms with Gasteiger partial charge in [-0.05, 0) is 50.5 Å². The van der Waals surface area contributed by atoms with E-state index in [4.69, 9.17) is 4.98 Å². The fourth-order valence-corrected chi connectivity index (χ4v) is 4.90. The molecule has 1 aliphatic carbocycles. The van der Waals surface area contributed by atoms with Gasteiger partial charge in [0.25, 0.3) is 5.91 Å². The minimum Gasteiger partial charge on any atom is -0.356 e. The summed E-state index contributed by atoms with van der Waals surface area (Å²) in [5, 5.41) is 0. The van der Waals surface area contributed by atoms with Gasteiger partial charge in [-0.15, -0.1) is 0 Å². The van der Waals surface area contributed by atoms with Crippen LogP contribution in [0.1, 0.15) is 33.9 Å². The van der Waals surface area contributed by atoms with Crippen LogP contribution in [-0.4, -0.2) is 47.0 Å². The average molecular weight is 366 g/mol. The first-order valence-electron chi connectivity index (χ1n) is 9.74. The molecule has 2 aliphatic heterocycles. The molecule has 0 bridgehead atoms. The fraction of sp³-hybridized carbons (Fsp3) is 0.476. The van der Waals surface area contributed by atoms with Gasteiger partial charge in [-0.2, -0.15) is 0 Å². The van der Waals surface area contributed by atoms with E-state index in [0.29, 0.717) is 17.4 Å². The van der Waals surface area contributed by atoms with E-state index in [1.54, 1.807) is 12.1 Å². The molecule has 2 atom stereocenters. The number of halogens is 1. The number of hydrogen-bond acceptors (Lipinski definition) is 4. The molecule has 2 aromatic rings. The van der Waals surface area contributed by atoms with Gasteiger partial charge in [0.05, 0.1) is 0 Å². The fourth-order valence-electron chi connectivity index (χ4n) is 4.90. The van der Waals surface area contributed by atoms with Crippen molar-refractivity contribution in [3.63, 3.8) is 0 Å². The van der Waals surface area contributed by atoms with Crippen molar-refractivity contribution in [2.45, 2.75) is 26.2 Å². The smallest absolute Gasteiger partial charge is 0.253 e. The summed E-state index contributed by atoms with van der Waals surface area (Å²) in [6.45, 7) is 5.40. The Balaban J connectivity index is 1.30. The summed E-state index contributed by atoms with van der Waals surface area (Å²) >= 11 is 0.